The Morgan fingerprint density at radius 1 is 1.50 bits per heavy atom. The van der Waals surface area contributed by atoms with Gasteiger partial charge in [0.1, 0.15) is 12.4 Å². The van der Waals surface area contributed by atoms with E-state index in [-0.39, 0.29) is 6.10 Å². The second-order valence-corrected chi connectivity index (χ2v) is 3.73. The molecule has 0 amide bonds. The highest BCUT2D eigenvalue weighted by molar-refractivity contribution is 5.11. The summed E-state index contributed by atoms with van der Waals surface area (Å²) >= 11 is 0. The molecule has 1 aromatic rings. The van der Waals surface area contributed by atoms with Crippen molar-refractivity contribution < 1.29 is 13.9 Å². The van der Waals surface area contributed by atoms with E-state index in [1.165, 1.54) is 0 Å². The van der Waals surface area contributed by atoms with Gasteiger partial charge in [0.15, 0.2) is 0 Å². The minimum absolute atomic E-state index is 0.0952. The van der Waals surface area contributed by atoms with Crippen molar-refractivity contribution in [1.82, 2.24) is 5.32 Å². The molecule has 0 saturated carbocycles. The number of ether oxygens (including phenoxy) is 2. The first-order chi connectivity index (χ1) is 7.76. The fraction of sp³-hybridized carbons (Fsp3) is 0.667. The van der Waals surface area contributed by atoms with Gasteiger partial charge in [0, 0.05) is 18.7 Å². The Balaban J connectivity index is 2.25. The van der Waals surface area contributed by atoms with Crippen LogP contribution < -0.4 is 5.32 Å². The van der Waals surface area contributed by atoms with Gasteiger partial charge in [-0.25, -0.2) is 0 Å². The number of hydrogen-bond donors (Lipinski definition) is 1. The maximum absolute atomic E-state index is 5.58. The van der Waals surface area contributed by atoms with Crippen LogP contribution in [0.4, 0.5) is 0 Å². The van der Waals surface area contributed by atoms with Gasteiger partial charge in [-0.3, -0.25) is 0 Å². The highest BCUT2D eigenvalue weighted by Gasteiger charge is 2.05. The van der Waals surface area contributed by atoms with E-state index < -0.39 is 0 Å². The molecule has 4 heteroatoms. The molecule has 1 atom stereocenters. The summed E-state index contributed by atoms with van der Waals surface area (Å²) < 4.78 is 16.2. The molecule has 0 radical (unpaired) electrons. The predicted molar refractivity (Wildman–Crippen MR) is 62.2 cm³/mol. The first-order valence-electron chi connectivity index (χ1n) is 5.66. The fourth-order valence-electron chi connectivity index (χ4n) is 1.36. The largest absolute Gasteiger partial charge is 0.467 e. The quantitative estimate of drug-likeness (QED) is 0.737. The molecule has 0 spiro atoms. The average Bonchev–Trinajstić information content (AvgIpc) is 2.72. The number of nitrogens with one attached hydrogen (secondary N) is 1. The number of hydrogen-bond acceptors (Lipinski definition) is 4. The molecule has 1 unspecified atom stereocenters. The zero-order valence-corrected chi connectivity index (χ0v) is 10.3. The molecular formula is C12H21NO3. The van der Waals surface area contributed by atoms with Gasteiger partial charge in [0.2, 0.25) is 0 Å². The van der Waals surface area contributed by atoms with E-state index in [2.05, 4.69) is 5.32 Å². The highest BCUT2D eigenvalue weighted by Crippen LogP contribution is 2.10. The van der Waals surface area contributed by atoms with E-state index in [0.29, 0.717) is 13.2 Å². The summed E-state index contributed by atoms with van der Waals surface area (Å²) in [6, 6.07) is 2.00. The summed E-state index contributed by atoms with van der Waals surface area (Å²) in [4.78, 5) is 0. The molecule has 16 heavy (non-hydrogen) atoms. The standard InChI is InChI=1S/C12H21NO3/c1-4-14-7-10(2)15-9-12-5-11(6-13-3)8-16-12/h5,8,10,13H,4,6-7,9H2,1-3H3. The molecule has 4 nitrogen and oxygen atoms in total. The molecule has 1 aromatic heterocycles. The van der Waals surface area contributed by atoms with Crippen molar-refractivity contribution in [1.29, 1.82) is 0 Å². The molecule has 92 valence electrons. The Bertz CT molecular complexity index is 286. The molecule has 0 aromatic carbocycles. The lowest BCUT2D eigenvalue weighted by atomic mass is 10.3. The summed E-state index contributed by atoms with van der Waals surface area (Å²) in [5.41, 5.74) is 1.14. The van der Waals surface area contributed by atoms with Crippen molar-refractivity contribution in [2.75, 3.05) is 20.3 Å². The van der Waals surface area contributed by atoms with Crippen molar-refractivity contribution in [3.8, 4) is 0 Å². The topological polar surface area (TPSA) is 43.6 Å². The van der Waals surface area contributed by atoms with Crippen LogP contribution in [0.15, 0.2) is 16.7 Å². The fourth-order valence-corrected chi connectivity index (χ4v) is 1.36. The van der Waals surface area contributed by atoms with Gasteiger partial charge >= 0.3 is 0 Å². The van der Waals surface area contributed by atoms with Crippen molar-refractivity contribution in [3.63, 3.8) is 0 Å². The highest BCUT2D eigenvalue weighted by atomic mass is 16.5. The maximum atomic E-state index is 5.58. The van der Waals surface area contributed by atoms with Crippen molar-refractivity contribution >= 4 is 0 Å². The Hall–Kier alpha value is -0.840. The maximum Gasteiger partial charge on any atom is 0.129 e. The summed E-state index contributed by atoms with van der Waals surface area (Å²) in [6.07, 6.45) is 1.85. The Morgan fingerprint density at radius 2 is 2.31 bits per heavy atom. The van der Waals surface area contributed by atoms with Crippen LogP contribution in [0.2, 0.25) is 0 Å². The van der Waals surface area contributed by atoms with Crippen LogP contribution in [0.1, 0.15) is 25.2 Å². The molecule has 1 heterocycles. The molecule has 0 bridgehead atoms. The summed E-state index contributed by atoms with van der Waals surface area (Å²) in [5.74, 6) is 0.855. The average molecular weight is 227 g/mol. The predicted octanol–water partition coefficient (Wildman–Crippen LogP) is 1.94. The smallest absolute Gasteiger partial charge is 0.129 e. The van der Waals surface area contributed by atoms with Crippen LogP contribution >= 0.6 is 0 Å². The number of rotatable bonds is 8. The third kappa shape index (κ3) is 4.79. The van der Waals surface area contributed by atoms with Gasteiger partial charge in [0.05, 0.1) is 19.0 Å². The van der Waals surface area contributed by atoms with E-state index in [0.717, 1.165) is 24.5 Å². The van der Waals surface area contributed by atoms with E-state index >= 15 is 0 Å². The van der Waals surface area contributed by atoms with Crippen molar-refractivity contribution in [2.24, 2.45) is 0 Å². The second kappa shape index (κ2) is 7.44. The van der Waals surface area contributed by atoms with Crippen LogP contribution in [-0.4, -0.2) is 26.4 Å². The monoisotopic (exact) mass is 227 g/mol. The minimum Gasteiger partial charge on any atom is -0.467 e. The van der Waals surface area contributed by atoms with E-state index in [9.17, 15) is 0 Å². The first kappa shape index (κ1) is 13.2. The summed E-state index contributed by atoms with van der Waals surface area (Å²) in [6.45, 7) is 6.63. The minimum atomic E-state index is 0.0952. The lowest BCUT2D eigenvalue weighted by Gasteiger charge is -2.11. The van der Waals surface area contributed by atoms with Crippen LogP contribution in [0.5, 0.6) is 0 Å². The third-order valence-corrected chi connectivity index (χ3v) is 2.16. The Kier molecular flexibility index (Phi) is 6.15. The second-order valence-electron chi connectivity index (χ2n) is 3.73. The van der Waals surface area contributed by atoms with Crippen molar-refractivity contribution in [3.05, 3.63) is 23.7 Å². The van der Waals surface area contributed by atoms with Crippen LogP contribution in [0, 0.1) is 0 Å². The zero-order chi connectivity index (χ0) is 11.8. The molecular weight excluding hydrogens is 206 g/mol. The Morgan fingerprint density at radius 3 is 3.00 bits per heavy atom. The molecule has 0 aliphatic heterocycles. The van der Waals surface area contributed by atoms with Crippen molar-refractivity contribution in [2.45, 2.75) is 33.1 Å². The molecule has 0 aliphatic carbocycles. The molecule has 0 aliphatic rings. The van der Waals surface area contributed by atoms with Crippen LogP contribution in [0.3, 0.4) is 0 Å². The first-order valence-corrected chi connectivity index (χ1v) is 5.66. The van der Waals surface area contributed by atoms with E-state index in [1.807, 2.05) is 27.0 Å². The summed E-state index contributed by atoms with van der Waals surface area (Å²) in [7, 11) is 1.91. The lowest BCUT2D eigenvalue weighted by Crippen LogP contribution is -2.15. The molecule has 0 saturated heterocycles. The van der Waals surface area contributed by atoms with Gasteiger partial charge in [0.25, 0.3) is 0 Å². The third-order valence-electron chi connectivity index (χ3n) is 2.16. The number of furan rings is 1. The van der Waals surface area contributed by atoms with Crippen LogP contribution in [0.25, 0.3) is 0 Å². The van der Waals surface area contributed by atoms with Crippen LogP contribution in [-0.2, 0) is 22.6 Å². The van der Waals surface area contributed by atoms with Gasteiger partial charge in [-0.1, -0.05) is 0 Å². The molecule has 1 N–H and O–H groups in total. The zero-order valence-electron chi connectivity index (χ0n) is 10.3. The van der Waals surface area contributed by atoms with Gasteiger partial charge in [-0.05, 0) is 27.0 Å². The lowest BCUT2D eigenvalue weighted by molar-refractivity contribution is -0.0170. The van der Waals surface area contributed by atoms with Gasteiger partial charge < -0.3 is 19.2 Å². The van der Waals surface area contributed by atoms with E-state index in [4.69, 9.17) is 13.9 Å². The Labute approximate surface area is 96.9 Å². The SMILES string of the molecule is CCOCC(C)OCc1cc(CNC)co1. The molecule has 0 fully saturated rings. The summed E-state index contributed by atoms with van der Waals surface area (Å²) in [5, 5.41) is 3.07. The normalized spacial score (nSPS) is 12.9. The van der Waals surface area contributed by atoms with Gasteiger partial charge in [-0.15, -0.1) is 0 Å². The molecule has 1 rings (SSSR count). The van der Waals surface area contributed by atoms with E-state index in [1.54, 1.807) is 6.26 Å². The van der Waals surface area contributed by atoms with Gasteiger partial charge in [-0.2, -0.15) is 0 Å².